The summed E-state index contributed by atoms with van der Waals surface area (Å²) in [5.74, 6) is 0.800. The van der Waals surface area contributed by atoms with Gasteiger partial charge in [-0.3, -0.25) is 0 Å². The van der Waals surface area contributed by atoms with Crippen LogP contribution >= 0.6 is 11.6 Å². The highest BCUT2D eigenvalue weighted by atomic mass is 35.5. The molecule has 2 rings (SSSR count). The van der Waals surface area contributed by atoms with E-state index in [0.717, 1.165) is 23.2 Å². The van der Waals surface area contributed by atoms with Gasteiger partial charge in [-0.1, -0.05) is 11.6 Å². The Hall–Kier alpha value is -1.39. The van der Waals surface area contributed by atoms with Gasteiger partial charge in [0.1, 0.15) is 23.8 Å². The number of fused-ring (bicyclic) bond motifs is 1. The second kappa shape index (κ2) is 5.29. The van der Waals surface area contributed by atoms with Gasteiger partial charge in [0.25, 0.3) is 0 Å². The normalized spacial score (nSPS) is 11.1. The highest BCUT2D eigenvalue weighted by Gasteiger charge is 2.03. The van der Waals surface area contributed by atoms with Gasteiger partial charge in [0.15, 0.2) is 0 Å². The molecule has 0 N–H and O–H groups in total. The lowest BCUT2D eigenvalue weighted by molar-refractivity contribution is 0.261. The van der Waals surface area contributed by atoms with Crippen molar-refractivity contribution in [1.29, 1.82) is 0 Å². The number of halogens is 1. The van der Waals surface area contributed by atoms with Crippen molar-refractivity contribution in [1.82, 2.24) is 14.9 Å². The first-order valence-corrected chi connectivity index (χ1v) is 5.72. The minimum Gasteiger partial charge on any atom is -0.492 e. The fourth-order valence-corrected chi connectivity index (χ4v) is 1.64. The number of benzene rings is 1. The maximum absolute atomic E-state index is 5.96. The predicted octanol–water partition coefficient (Wildman–Crippen LogP) is 2.22. The van der Waals surface area contributed by atoms with Crippen molar-refractivity contribution in [3.8, 4) is 5.75 Å². The van der Waals surface area contributed by atoms with Gasteiger partial charge in [-0.05, 0) is 26.2 Å². The molecule has 0 saturated heterocycles. The van der Waals surface area contributed by atoms with Crippen LogP contribution in [0, 0.1) is 0 Å². The molecule has 4 nitrogen and oxygen atoms in total. The maximum Gasteiger partial charge on any atom is 0.140 e. The summed E-state index contributed by atoms with van der Waals surface area (Å²) in [5.41, 5.74) is 0.798. The largest absolute Gasteiger partial charge is 0.492 e. The lowest BCUT2D eigenvalue weighted by Crippen LogP contribution is -2.19. The van der Waals surface area contributed by atoms with Crippen LogP contribution in [0.25, 0.3) is 10.9 Å². The molecule has 0 spiro atoms. The van der Waals surface area contributed by atoms with Crippen LogP contribution in [0.15, 0.2) is 24.5 Å². The number of likely N-dealkylation sites (N-methyl/N-ethyl adjacent to an activating group) is 1. The highest BCUT2D eigenvalue weighted by Crippen LogP contribution is 2.23. The summed E-state index contributed by atoms with van der Waals surface area (Å²) in [6, 6.07) is 5.63. The monoisotopic (exact) mass is 251 g/mol. The Morgan fingerprint density at radius 3 is 2.88 bits per heavy atom. The lowest BCUT2D eigenvalue weighted by atomic mass is 10.2. The Labute approximate surface area is 105 Å². The Balaban J connectivity index is 2.15. The molecule has 0 aliphatic carbocycles. The summed E-state index contributed by atoms with van der Waals surface area (Å²) in [4.78, 5) is 10.2. The summed E-state index contributed by atoms with van der Waals surface area (Å²) in [7, 11) is 4.02. The SMILES string of the molecule is CN(C)CCOc1ccc2c(Cl)ncnc2c1. The molecular weight excluding hydrogens is 238 g/mol. The Bertz CT molecular complexity index is 516. The zero-order valence-electron chi connectivity index (χ0n) is 9.85. The van der Waals surface area contributed by atoms with E-state index in [9.17, 15) is 0 Å². The maximum atomic E-state index is 5.96. The van der Waals surface area contributed by atoms with Crippen molar-refractivity contribution in [3.63, 3.8) is 0 Å². The van der Waals surface area contributed by atoms with Crippen molar-refractivity contribution in [2.24, 2.45) is 0 Å². The van der Waals surface area contributed by atoms with E-state index in [4.69, 9.17) is 16.3 Å². The molecule has 0 saturated carbocycles. The van der Waals surface area contributed by atoms with E-state index in [0.29, 0.717) is 11.8 Å². The topological polar surface area (TPSA) is 38.2 Å². The smallest absolute Gasteiger partial charge is 0.140 e. The van der Waals surface area contributed by atoms with Gasteiger partial charge in [-0.25, -0.2) is 9.97 Å². The number of nitrogens with zero attached hydrogens (tertiary/aromatic N) is 3. The van der Waals surface area contributed by atoms with Crippen LogP contribution in [0.1, 0.15) is 0 Å². The Morgan fingerprint density at radius 2 is 2.12 bits per heavy atom. The molecule has 0 atom stereocenters. The van der Waals surface area contributed by atoms with Crippen molar-refractivity contribution in [2.75, 3.05) is 27.2 Å². The van der Waals surface area contributed by atoms with Crippen LogP contribution in [0.2, 0.25) is 5.15 Å². The van der Waals surface area contributed by atoms with Crippen LogP contribution in [-0.2, 0) is 0 Å². The minimum atomic E-state index is 0.467. The predicted molar refractivity (Wildman–Crippen MR) is 68.6 cm³/mol. The molecule has 0 aliphatic heterocycles. The second-order valence-electron chi connectivity index (χ2n) is 4.00. The molecule has 0 amide bonds. The lowest BCUT2D eigenvalue weighted by Gasteiger charge is -2.11. The van der Waals surface area contributed by atoms with Gasteiger partial charge in [0.2, 0.25) is 0 Å². The first-order valence-electron chi connectivity index (χ1n) is 5.34. The van der Waals surface area contributed by atoms with E-state index in [-0.39, 0.29) is 0 Å². The van der Waals surface area contributed by atoms with Crippen LogP contribution in [0.4, 0.5) is 0 Å². The second-order valence-corrected chi connectivity index (χ2v) is 4.35. The van der Waals surface area contributed by atoms with E-state index >= 15 is 0 Å². The van der Waals surface area contributed by atoms with Crippen LogP contribution in [-0.4, -0.2) is 42.1 Å². The Kier molecular flexibility index (Phi) is 3.76. The first kappa shape index (κ1) is 12.1. The highest BCUT2D eigenvalue weighted by molar-refractivity contribution is 6.34. The van der Waals surface area contributed by atoms with Crippen molar-refractivity contribution >= 4 is 22.5 Å². The third-order valence-electron chi connectivity index (χ3n) is 2.37. The van der Waals surface area contributed by atoms with E-state index in [1.54, 1.807) is 0 Å². The third kappa shape index (κ3) is 3.05. The molecule has 0 radical (unpaired) electrons. The van der Waals surface area contributed by atoms with Gasteiger partial charge < -0.3 is 9.64 Å². The average Bonchev–Trinajstić information content (AvgIpc) is 2.29. The molecule has 0 bridgehead atoms. The zero-order chi connectivity index (χ0) is 12.3. The summed E-state index contributed by atoms with van der Waals surface area (Å²) in [6.45, 7) is 1.53. The molecule has 0 fully saturated rings. The fraction of sp³-hybridized carbons (Fsp3) is 0.333. The van der Waals surface area contributed by atoms with Crippen LogP contribution in [0.5, 0.6) is 5.75 Å². The van der Waals surface area contributed by atoms with E-state index in [1.165, 1.54) is 6.33 Å². The number of aromatic nitrogens is 2. The minimum absolute atomic E-state index is 0.467. The third-order valence-corrected chi connectivity index (χ3v) is 2.67. The standard InChI is InChI=1S/C12H14ClN3O/c1-16(2)5-6-17-9-3-4-10-11(7-9)14-8-15-12(10)13/h3-4,7-8H,5-6H2,1-2H3. The van der Waals surface area contributed by atoms with Gasteiger partial charge in [-0.15, -0.1) is 0 Å². The zero-order valence-corrected chi connectivity index (χ0v) is 10.6. The number of hydrogen-bond acceptors (Lipinski definition) is 4. The molecule has 1 aromatic heterocycles. The molecule has 1 aromatic carbocycles. The van der Waals surface area contributed by atoms with E-state index < -0.39 is 0 Å². The van der Waals surface area contributed by atoms with E-state index in [2.05, 4.69) is 14.9 Å². The first-order chi connectivity index (χ1) is 8.16. The molecule has 1 heterocycles. The summed E-state index contributed by atoms with van der Waals surface area (Å²) < 4.78 is 5.62. The van der Waals surface area contributed by atoms with E-state index in [1.807, 2.05) is 32.3 Å². The van der Waals surface area contributed by atoms with Crippen LogP contribution in [0.3, 0.4) is 0 Å². The van der Waals surface area contributed by atoms with Gasteiger partial charge >= 0.3 is 0 Å². The van der Waals surface area contributed by atoms with Crippen molar-refractivity contribution in [3.05, 3.63) is 29.7 Å². The summed E-state index contributed by atoms with van der Waals surface area (Å²) in [6.07, 6.45) is 1.45. The average molecular weight is 252 g/mol. The molecule has 0 unspecified atom stereocenters. The number of rotatable bonds is 4. The van der Waals surface area contributed by atoms with Gasteiger partial charge in [-0.2, -0.15) is 0 Å². The molecule has 90 valence electrons. The van der Waals surface area contributed by atoms with Gasteiger partial charge in [0.05, 0.1) is 5.52 Å². The fourth-order valence-electron chi connectivity index (χ4n) is 1.44. The molecule has 0 aliphatic rings. The molecule has 2 aromatic rings. The summed E-state index contributed by atoms with van der Waals surface area (Å²) in [5, 5.41) is 1.31. The molecular formula is C12H14ClN3O. The number of ether oxygens (including phenoxy) is 1. The summed E-state index contributed by atoms with van der Waals surface area (Å²) >= 11 is 5.96. The molecule has 5 heteroatoms. The van der Waals surface area contributed by atoms with Gasteiger partial charge in [0, 0.05) is 18.0 Å². The van der Waals surface area contributed by atoms with Crippen LogP contribution < -0.4 is 4.74 Å². The molecule has 17 heavy (non-hydrogen) atoms. The van der Waals surface area contributed by atoms with Crippen molar-refractivity contribution < 1.29 is 4.74 Å². The Morgan fingerprint density at radius 1 is 1.29 bits per heavy atom. The van der Waals surface area contributed by atoms with Crippen molar-refractivity contribution in [2.45, 2.75) is 0 Å². The quantitative estimate of drug-likeness (QED) is 0.781. The number of hydrogen-bond donors (Lipinski definition) is 0.